The van der Waals surface area contributed by atoms with Crippen molar-refractivity contribution in [3.63, 3.8) is 0 Å². The minimum atomic E-state index is -1.66. The molecule has 1 fully saturated rings. The van der Waals surface area contributed by atoms with E-state index in [1.54, 1.807) is 6.07 Å². The van der Waals surface area contributed by atoms with E-state index >= 15 is 0 Å². The van der Waals surface area contributed by atoms with Crippen LogP contribution in [0.3, 0.4) is 0 Å². The monoisotopic (exact) mass is 633 g/mol. The standard InChI is InChI=1S/C21H27Br2NO10.Na/c1-10(26)19-17(28)16(27)18(29)21(34-19)33-13-9-24-12-8-11(22)20(15(23)14(12)13)32-7-6-31-5-4-30-3-2-25;/h8-9,16-19,21,24-29H,1-7H2;/q;+1/p-1/t16-,17-,18+,19+,21+;/m0./s1. The molecular formula is C21H26Br2NNaO10. The molecule has 2 heterocycles. The molecule has 0 unspecified atom stereocenters. The van der Waals surface area contributed by atoms with Gasteiger partial charge >= 0.3 is 29.6 Å². The second-order valence-corrected chi connectivity index (χ2v) is 9.00. The number of ether oxygens (including phenoxy) is 5. The molecule has 35 heavy (non-hydrogen) atoms. The Kier molecular flexibility index (Phi) is 12.8. The molecule has 0 bridgehead atoms. The molecule has 5 N–H and O–H groups in total. The fourth-order valence-corrected chi connectivity index (χ4v) is 4.87. The van der Waals surface area contributed by atoms with Crippen LogP contribution in [0, 0.1) is 0 Å². The summed E-state index contributed by atoms with van der Waals surface area (Å²) in [6, 6.07) is 1.77. The van der Waals surface area contributed by atoms with E-state index < -0.39 is 36.5 Å². The largest absolute Gasteiger partial charge is 1.00 e. The molecule has 5 atom stereocenters. The minimum absolute atomic E-state index is 0. The van der Waals surface area contributed by atoms with Gasteiger partial charge in [0.05, 0.1) is 52.9 Å². The van der Waals surface area contributed by atoms with Crippen molar-refractivity contribution >= 4 is 42.8 Å². The number of benzene rings is 1. The van der Waals surface area contributed by atoms with Gasteiger partial charge in [-0.3, -0.25) is 0 Å². The number of fused-ring (bicyclic) bond motifs is 1. The van der Waals surface area contributed by atoms with Crippen molar-refractivity contribution in [2.75, 3.05) is 39.6 Å². The number of nitrogens with one attached hydrogen (secondary N) is 1. The zero-order valence-electron chi connectivity index (χ0n) is 19.0. The van der Waals surface area contributed by atoms with Crippen LogP contribution < -0.4 is 44.1 Å². The molecule has 190 valence electrons. The van der Waals surface area contributed by atoms with Crippen LogP contribution in [0.25, 0.3) is 10.9 Å². The molecule has 3 rings (SSSR count). The van der Waals surface area contributed by atoms with E-state index in [1.807, 2.05) is 0 Å². The second-order valence-electron chi connectivity index (χ2n) is 7.35. The van der Waals surface area contributed by atoms with Gasteiger partial charge in [0.25, 0.3) is 0 Å². The Hall–Kier alpha value is -0.420. The van der Waals surface area contributed by atoms with Crippen LogP contribution >= 0.6 is 31.9 Å². The molecule has 1 aliphatic rings. The third-order valence-electron chi connectivity index (χ3n) is 4.99. The maximum absolute atomic E-state index is 11.7. The molecular weight excluding hydrogens is 609 g/mol. The zero-order chi connectivity index (χ0) is 24.8. The number of hydrogen-bond acceptors (Lipinski definition) is 10. The maximum Gasteiger partial charge on any atom is 1.00 e. The third kappa shape index (κ3) is 7.55. The number of aliphatic hydroxyl groups excluding tert-OH is 4. The zero-order valence-corrected chi connectivity index (χ0v) is 24.2. The SMILES string of the molecule is C=C([O-])[C@H]1O[C@@H](Oc2c[nH]c3cc(Br)c(OCCOCCOCCO)c(Br)c23)[C@H](O)[C@@H](O)[C@@H]1O.[Na+]. The van der Waals surface area contributed by atoms with Crippen molar-refractivity contribution in [3.05, 3.63) is 33.5 Å². The summed E-state index contributed by atoms with van der Waals surface area (Å²) in [6.07, 6.45) is -6.26. The summed E-state index contributed by atoms with van der Waals surface area (Å²) in [5, 5.41) is 51.3. The molecule has 2 aromatic rings. The summed E-state index contributed by atoms with van der Waals surface area (Å²) < 4.78 is 28.7. The van der Waals surface area contributed by atoms with Gasteiger partial charge in [-0.1, -0.05) is 0 Å². The molecule has 1 aromatic heterocycles. The van der Waals surface area contributed by atoms with Gasteiger partial charge in [0.1, 0.15) is 42.5 Å². The van der Waals surface area contributed by atoms with Crippen molar-refractivity contribution < 1.29 is 78.8 Å². The van der Waals surface area contributed by atoms with Gasteiger partial charge in [-0.15, -0.1) is 12.3 Å². The average Bonchev–Trinajstić information content (AvgIpc) is 3.19. The first-order valence-corrected chi connectivity index (χ1v) is 11.9. The van der Waals surface area contributed by atoms with E-state index in [-0.39, 0.29) is 55.1 Å². The molecule has 1 aliphatic heterocycles. The quantitative estimate of drug-likeness (QED) is 0.0933. The summed E-state index contributed by atoms with van der Waals surface area (Å²) in [6.45, 7) is 4.71. The molecule has 1 saturated heterocycles. The van der Waals surface area contributed by atoms with Gasteiger partial charge in [0, 0.05) is 6.20 Å². The van der Waals surface area contributed by atoms with Gasteiger partial charge in [-0.2, -0.15) is 0 Å². The molecule has 0 amide bonds. The molecule has 1 aromatic carbocycles. The van der Waals surface area contributed by atoms with Crippen molar-refractivity contribution in [3.8, 4) is 11.5 Å². The summed E-state index contributed by atoms with van der Waals surface area (Å²) in [7, 11) is 0. The van der Waals surface area contributed by atoms with Crippen molar-refractivity contribution in [2.24, 2.45) is 0 Å². The Bertz CT molecular complexity index is 977. The Morgan fingerprint density at radius 1 is 1.06 bits per heavy atom. The van der Waals surface area contributed by atoms with Crippen LogP contribution in [-0.2, 0) is 14.2 Å². The van der Waals surface area contributed by atoms with E-state index in [0.717, 1.165) is 0 Å². The number of H-pyrrole nitrogens is 1. The number of aromatic nitrogens is 1. The predicted molar refractivity (Wildman–Crippen MR) is 124 cm³/mol. The number of aromatic amines is 1. The van der Waals surface area contributed by atoms with Crippen LogP contribution in [0.15, 0.2) is 33.5 Å². The molecule has 14 heteroatoms. The predicted octanol–water partition coefficient (Wildman–Crippen LogP) is -2.84. The molecule has 0 radical (unpaired) electrons. The molecule has 0 spiro atoms. The maximum atomic E-state index is 11.7. The molecule has 0 aliphatic carbocycles. The van der Waals surface area contributed by atoms with E-state index in [9.17, 15) is 20.4 Å². The topological polar surface area (TPSA) is 166 Å². The van der Waals surface area contributed by atoms with Crippen molar-refractivity contribution in [1.29, 1.82) is 0 Å². The van der Waals surface area contributed by atoms with Crippen molar-refractivity contribution in [2.45, 2.75) is 30.7 Å². The number of aliphatic hydroxyl groups is 4. The smallest absolute Gasteiger partial charge is 0.874 e. The van der Waals surface area contributed by atoms with E-state index in [0.29, 0.717) is 45.4 Å². The van der Waals surface area contributed by atoms with E-state index in [4.69, 9.17) is 28.8 Å². The Morgan fingerprint density at radius 3 is 2.37 bits per heavy atom. The average molecular weight is 635 g/mol. The summed E-state index contributed by atoms with van der Waals surface area (Å²) in [5.41, 5.74) is 0.661. The van der Waals surface area contributed by atoms with Gasteiger partial charge in [-0.05, 0) is 37.9 Å². The number of halogens is 2. The fourth-order valence-electron chi connectivity index (χ4n) is 3.32. The number of rotatable bonds is 12. The Balaban J connectivity index is 0.00000432. The first kappa shape index (κ1) is 30.8. The van der Waals surface area contributed by atoms with Crippen LogP contribution in [0.2, 0.25) is 0 Å². The summed E-state index contributed by atoms with van der Waals surface area (Å²) in [5.74, 6) is -0.0307. The Labute approximate surface area is 240 Å². The van der Waals surface area contributed by atoms with E-state index in [1.165, 1.54) is 6.20 Å². The Morgan fingerprint density at radius 2 is 1.71 bits per heavy atom. The first-order valence-electron chi connectivity index (χ1n) is 10.4. The van der Waals surface area contributed by atoms with Gasteiger partial charge in [0.15, 0.2) is 0 Å². The third-order valence-corrected chi connectivity index (χ3v) is 6.34. The van der Waals surface area contributed by atoms with Gasteiger partial charge in [-0.25, -0.2) is 0 Å². The van der Waals surface area contributed by atoms with E-state index in [2.05, 4.69) is 43.4 Å². The van der Waals surface area contributed by atoms with Crippen molar-refractivity contribution in [1.82, 2.24) is 4.98 Å². The van der Waals surface area contributed by atoms with Crippen LogP contribution in [0.4, 0.5) is 0 Å². The number of hydrogen-bond donors (Lipinski definition) is 5. The van der Waals surface area contributed by atoms with Crippen LogP contribution in [0.5, 0.6) is 11.5 Å². The summed E-state index contributed by atoms with van der Waals surface area (Å²) in [4.78, 5) is 3.03. The van der Waals surface area contributed by atoms with Crippen LogP contribution in [-0.4, -0.2) is 95.8 Å². The second kappa shape index (κ2) is 14.5. The molecule has 0 saturated carbocycles. The fraction of sp³-hybridized carbons (Fsp3) is 0.524. The minimum Gasteiger partial charge on any atom is -0.874 e. The van der Waals surface area contributed by atoms with Gasteiger partial charge in [0.2, 0.25) is 6.29 Å². The van der Waals surface area contributed by atoms with Gasteiger partial charge < -0.3 is 54.2 Å². The summed E-state index contributed by atoms with van der Waals surface area (Å²) >= 11 is 6.98. The van der Waals surface area contributed by atoms with Crippen LogP contribution in [0.1, 0.15) is 0 Å². The molecule has 11 nitrogen and oxygen atoms in total. The first-order chi connectivity index (χ1) is 16.3. The normalized spacial score (nSPS) is 24.2.